The Hall–Kier alpha value is -2.74. The Morgan fingerprint density at radius 2 is 2.12 bits per heavy atom. The number of carbonyl (C=O) groups is 1. The van der Waals surface area contributed by atoms with Crippen LogP contribution in [0.3, 0.4) is 0 Å². The lowest BCUT2D eigenvalue weighted by Crippen LogP contribution is -2.40. The minimum absolute atomic E-state index is 0.0570. The van der Waals surface area contributed by atoms with Gasteiger partial charge in [-0.3, -0.25) is 4.98 Å². The molecule has 2 heterocycles. The third kappa shape index (κ3) is 3.53. The lowest BCUT2D eigenvalue weighted by atomic mass is 10.0. The van der Waals surface area contributed by atoms with Gasteiger partial charge in [-0.05, 0) is 24.3 Å². The van der Waals surface area contributed by atoms with Gasteiger partial charge in [0.2, 0.25) is 6.10 Å². The van der Waals surface area contributed by atoms with E-state index in [0.717, 1.165) is 6.08 Å². The molecule has 0 saturated carbocycles. The van der Waals surface area contributed by atoms with Crippen LogP contribution in [0.4, 0.5) is 13.2 Å². The molecule has 1 aromatic heterocycles. The molecule has 2 aromatic rings. The number of carboxylic acids is 1. The van der Waals surface area contributed by atoms with Crippen molar-refractivity contribution in [3.8, 4) is 17.2 Å². The van der Waals surface area contributed by atoms with Gasteiger partial charge in [-0.25, -0.2) is 4.79 Å². The largest absolute Gasteiger partial charge is 0.478 e. The number of rotatable bonds is 3. The first kappa shape index (κ1) is 17.1. The molecule has 0 bridgehead atoms. The standard InChI is InChI=1S/C16H9ClF3NO4/c17-11-5-8-4-10(15(22)23)14(16(18,19)20)25-12(8)6-13(11)24-9-2-1-3-21-7-9/h1-7,14H,(H,22,23). The fraction of sp³-hybridized carbons (Fsp3) is 0.125. The third-order valence-electron chi connectivity index (χ3n) is 3.31. The fourth-order valence-electron chi connectivity index (χ4n) is 2.23. The molecule has 0 fully saturated rings. The van der Waals surface area contributed by atoms with Gasteiger partial charge in [0.25, 0.3) is 0 Å². The maximum absolute atomic E-state index is 13.1. The second-order valence-electron chi connectivity index (χ2n) is 5.06. The summed E-state index contributed by atoms with van der Waals surface area (Å²) in [5.74, 6) is -1.52. The van der Waals surface area contributed by atoms with E-state index in [9.17, 15) is 18.0 Å². The summed E-state index contributed by atoms with van der Waals surface area (Å²) in [6.45, 7) is 0. The van der Waals surface area contributed by atoms with Crippen LogP contribution in [0, 0.1) is 0 Å². The Morgan fingerprint density at radius 3 is 2.72 bits per heavy atom. The van der Waals surface area contributed by atoms with Crippen LogP contribution in [0.1, 0.15) is 5.56 Å². The van der Waals surface area contributed by atoms with Crippen LogP contribution in [-0.4, -0.2) is 28.3 Å². The van der Waals surface area contributed by atoms with E-state index in [4.69, 9.17) is 26.2 Å². The van der Waals surface area contributed by atoms with E-state index in [1.54, 1.807) is 12.1 Å². The molecule has 0 spiro atoms. The number of carboxylic acid groups (broad SMARTS) is 1. The topological polar surface area (TPSA) is 68.7 Å². The zero-order valence-electron chi connectivity index (χ0n) is 12.2. The lowest BCUT2D eigenvalue weighted by Gasteiger charge is -2.27. The average Bonchev–Trinajstić information content (AvgIpc) is 2.54. The summed E-state index contributed by atoms with van der Waals surface area (Å²) in [4.78, 5) is 15.0. The van der Waals surface area contributed by atoms with Crippen LogP contribution >= 0.6 is 11.6 Å². The molecular formula is C16H9ClF3NO4. The van der Waals surface area contributed by atoms with Crippen LogP contribution in [0.5, 0.6) is 17.2 Å². The molecule has 1 atom stereocenters. The number of hydrogen-bond acceptors (Lipinski definition) is 4. The van der Waals surface area contributed by atoms with Gasteiger partial charge in [0, 0.05) is 17.8 Å². The molecule has 5 nitrogen and oxygen atoms in total. The summed E-state index contributed by atoms with van der Waals surface area (Å²) in [5, 5.41) is 9.08. The molecular weight excluding hydrogens is 363 g/mol. The number of alkyl halides is 3. The highest BCUT2D eigenvalue weighted by Gasteiger charge is 2.48. The number of aromatic nitrogens is 1. The zero-order chi connectivity index (χ0) is 18.2. The van der Waals surface area contributed by atoms with Gasteiger partial charge in [-0.1, -0.05) is 11.6 Å². The fourth-order valence-corrected chi connectivity index (χ4v) is 2.44. The Labute approximate surface area is 144 Å². The lowest BCUT2D eigenvalue weighted by molar-refractivity contribution is -0.187. The summed E-state index contributed by atoms with van der Waals surface area (Å²) in [6, 6.07) is 5.65. The molecule has 0 amide bonds. The molecule has 25 heavy (non-hydrogen) atoms. The van der Waals surface area contributed by atoms with E-state index in [1.165, 1.54) is 24.5 Å². The van der Waals surface area contributed by atoms with Crippen LogP contribution in [0.25, 0.3) is 6.08 Å². The van der Waals surface area contributed by atoms with Crippen LogP contribution in [0.2, 0.25) is 5.02 Å². The Balaban J connectivity index is 2.02. The average molecular weight is 372 g/mol. The molecule has 1 N–H and O–H groups in total. The van der Waals surface area contributed by atoms with Crippen molar-refractivity contribution in [3.05, 3.63) is 52.8 Å². The Morgan fingerprint density at radius 1 is 1.36 bits per heavy atom. The molecule has 130 valence electrons. The maximum Gasteiger partial charge on any atom is 0.430 e. The van der Waals surface area contributed by atoms with Crippen molar-refractivity contribution >= 4 is 23.6 Å². The summed E-state index contributed by atoms with van der Waals surface area (Å²) in [5.41, 5.74) is -0.807. The highest BCUT2D eigenvalue weighted by atomic mass is 35.5. The second-order valence-corrected chi connectivity index (χ2v) is 5.46. The molecule has 0 radical (unpaired) electrons. The normalized spacial score (nSPS) is 16.5. The van der Waals surface area contributed by atoms with Gasteiger partial charge >= 0.3 is 12.1 Å². The quantitative estimate of drug-likeness (QED) is 0.870. The van der Waals surface area contributed by atoms with Crippen molar-refractivity contribution in [2.24, 2.45) is 0 Å². The van der Waals surface area contributed by atoms with Crippen molar-refractivity contribution in [3.63, 3.8) is 0 Å². The first-order valence-electron chi connectivity index (χ1n) is 6.85. The molecule has 1 aliphatic rings. The van der Waals surface area contributed by atoms with Crippen LogP contribution in [0.15, 0.2) is 42.2 Å². The number of pyridine rings is 1. The zero-order valence-corrected chi connectivity index (χ0v) is 13.0. The van der Waals surface area contributed by atoms with Crippen LogP contribution in [-0.2, 0) is 4.79 Å². The van der Waals surface area contributed by atoms with Crippen LogP contribution < -0.4 is 9.47 Å². The molecule has 9 heteroatoms. The first-order valence-corrected chi connectivity index (χ1v) is 7.23. The van der Waals surface area contributed by atoms with Crippen molar-refractivity contribution in [2.45, 2.75) is 12.3 Å². The molecule has 3 rings (SSSR count). The Kier molecular flexibility index (Phi) is 4.30. The van der Waals surface area contributed by atoms with Crippen molar-refractivity contribution in [1.82, 2.24) is 4.98 Å². The molecule has 0 saturated heterocycles. The van der Waals surface area contributed by atoms with E-state index in [0.29, 0.717) is 5.75 Å². The van der Waals surface area contributed by atoms with Crippen molar-refractivity contribution in [1.29, 1.82) is 0 Å². The molecule has 1 aromatic carbocycles. The van der Waals surface area contributed by atoms with Crippen molar-refractivity contribution in [2.75, 3.05) is 0 Å². The third-order valence-corrected chi connectivity index (χ3v) is 3.60. The van der Waals surface area contributed by atoms with E-state index in [2.05, 4.69) is 4.98 Å². The molecule has 1 aliphatic heterocycles. The predicted octanol–water partition coefficient (Wildman–Crippen LogP) is 4.32. The van der Waals surface area contributed by atoms with E-state index >= 15 is 0 Å². The second kappa shape index (κ2) is 6.29. The van der Waals surface area contributed by atoms with Gasteiger partial charge < -0.3 is 14.6 Å². The van der Waals surface area contributed by atoms with Gasteiger partial charge in [0.1, 0.15) is 17.2 Å². The van der Waals surface area contributed by atoms with Gasteiger partial charge in [-0.15, -0.1) is 0 Å². The smallest absolute Gasteiger partial charge is 0.430 e. The van der Waals surface area contributed by atoms with E-state index < -0.39 is 23.8 Å². The summed E-state index contributed by atoms with van der Waals surface area (Å²) < 4.78 is 49.6. The Bertz CT molecular complexity index is 852. The number of aliphatic carboxylic acids is 1. The molecule has 0 aliphatic carbocycles. The van der Waals surface area contributed by atoms with E-state index in [-0.39, 0.29) is 22.1 Å². The highest BCUT2D eigenvalue weighted by molar-refractivity contribution is 6.32. The van der Waals surface area contributed by atoms with E-state index in [1.807, 2.05) is 0 Å². The summed E-state index contributed by atoms with van der Waals surface area (Å²) in [7, 11) is 0. The maximum atomic E-state index is 13.1. The summed E-state index contributed by atoms with van der Waals surface area (Å²) >= 11 is 6.06. The SMILES string of the molecule is O=C(O)C1=Cc2cc(Cl)c(Oc3cccnc3)cc2OC1C(F)(F)F. The number of fused-ring (bicyclic) bond motifs is 1. The number of nitrogens with zero attached hydrogens (tertiary/aromatic N) is 1. The van der Waals surface area contributed by atoms with Gasteiger partial charge in [0.15, 0.2) is 0 Å². The minimum Gasteiger partial charge on any atom is -0.478 e. The number of halogens is 4. The van der Waals surface area contributed by atoms with Gasteiger partial charge in [0.05, 0.1) is 16.8 Å². The van der Waals surface area contributed by atoms with Crippen molar-refractivity contribution < 1.29 is 32.5 Å². The number of benzene rings is 1. The monoisotopic (exact) mass is 371 g/mol. The minimum atomic E-state index is -4.88. The first-order chi connectivity index (χ1) is 11.8. The summed E-state index contributed by atoms with van der Waals surface area (Å²) in [6.07, 6.45) is -3.65. The van der Waals surface area contributed by atoms with Gasteiger partial charge in [-0.2, -0.15) is 13.2 Å². The number of hydrogen-bond donors (Lipinski definition) is 1. The predicted molar refractivity (Wildman–Crippen MR) is 81.8 cm³/mol. The molecule has 1 unspecified atom stereocenters. The highest BCUT2D eigenvalue weighted by Crippen LogP contribution is 2.42. The number of ether oxygens (including phenoxy) is 2.